The smallest absolute Gasteiger partial charge is 0.243 e. The van der Waals surface area contributed by atoms with Gasteiger partial charge in [-0.2, -0.15) is 0 Å². The van der Waals surface area contributed by atoms with Gasteiger partial charge in [0.25, 0.3) is 0 Å². The molecule has 0 atom stereocenters. The van der Waals surface area contributed by atoms with Gasteiger partial charge in [-0.15, -0.1) is 0 Å². The Balaban J connectivity index is 1.64. The maximum atomic E-state index is 12.4. The topological polar surface area (TPSA) is 63.7 Å². The molecule has 0 bridgehead atoms. The summed E-state index contributed by atoms with van der Waals surface area (Å²) in [6.07, 6.45) is 3.44. The molecule has 0 aliphatic heterocycles. The van der Waals surface area contributed by atoms with E-state index in [4.69, 9.17) is 9.47 Å². The van der Waals surface area contributed by atoms with Crippen LogP contribution >= 0.6 is 0 Å². The van der Waals surface area contributed by atoms with E-state index >= 15 is 0 Å². The zero-order valence-electron chi connectivity index (χ0n) is 16.0. The molecule has 3 aromatic rings. The van der Waals surface area contributed by atoms with Gasteiger partial charge in [-0.25, -0.2) is 0 Å². The van der Waals surface area contributed by atoms with Crippen LogP contribution in [0.15, 0.2) is 73.1 Å². The first kappa shape index (κ1) is 19.2. The summed E-state index contributed by atoms with van der Waals surface area (Å²) in [5.74, 6) is 1.05. The molecule has 0 fully saturated rings. The number of pyridine rings is 1. The summed E-state index contributed by atoms with van der Waals surface area (Å²) in [5, 5.41) is 2.91. The van der Waals surface area contributed by atoms with Gasteiger partial charge in [-0.3, -0.25) is 9.78 Å². The highest BCUT2D eigenvalue weighted by Crippen LogP contribution is 2.31. The van der Waals surface area contributed by atoms with Gasteiger partial charge in [0, 0.05) is 36.9 Å². The number of anilines is 2. The molecule has 1 heterocycles. The van der Waals surface area contributed by atoms with E-state index in [0.29, 0.717) is 23.8 Å². The Hall–Kier alpha value is -3.54. The molecule has 0 spiro atoms. The first-order valence-corrected chi connectivity index (χ1v) is 8.91. The van der Waals surface area contributed by atoms with E-state index in [0.717, 1.165) is 11.3 Å². The van der Waals surface area contributed by atoms with E-state index in [2.05, 4.69) is 10.3 Å². The molecule has 1 amide bonds. The van der Waals surface area contributed by atoms with Crippen molar-refractivity contribution >= 4 is 17.3 Å². The molecule has 3 rings (SSSR count). The lowest BCUT2D eigenvalue weighted by Gasteiger charge is -2.19. The lowest BCUT2D eigenvalue weighted by atomic mass is 10.2. The maximum Gasteiger partial charge on any atom is 0.243 e. The van der Waals surface area contributed by atoms with Crippen molar-refractivity contribution in [3.8, 4) is 11.5 Å². The lowest BCUT2D eigenvalue weighted by molar-refractivity contribution is -0.114. The summed E-state index contributed by atoms with van der Waals surface area (Å²) in [4.78, 5) is 18.3. The summed E-state index contributed by atoms with van der Waals surface area (Å²) in [6, 6.07) is 18.9. The third kappa shape index (κ3) is 5.23. The minimum Gasteiger partial charge on any atom is -0.493 e. The molecule has 2 aromatic carbocycles. The van der Waals surface area contributed by atoms with Crippen molar-refractivity contribution in [3.63, 3.8) is 0 Å². The number of methoxy groups -OCH3 is 1. The predicted octanol–water partition coefficient (Wildman–Crippen LogP) is 3.74. The van der Waals surface area contributed by atoms with E-state index in [1.54, 1.807) is 37.7 Å². The average molecular weight is 377 g/mol. The standard InChI is InChI=1S/C22H23N3O3/c1-25(19-6-4-3-5-7-19)15-22(26)24-18-8-9-20(27-2)21(14-18)28-16-17-10-12-23-13-11-17/h3-14H,15-16H2,1-2H3,(H,24,26). The number of nitrogens with one attached hydrogen (secondary N) is 1. The van der Waals surface area contributed by atoms with Crippen molar-refractivity contribution in [1.82, 2.24) is 4.98 Å². The van der Waals surface area contributed by atoms with Crippen molar-refractivity contribution in [2.24, 2.45) is 0 Å². The molecule has 6 heteroatoms. The Labute approximate surface area is 164 Å². The van der Waals surface area contributed by atoms with Gasteiger partial charge in [0.2, 0.25) is 5.91 Å². The highest BCUT2D eigenvalue weighted by Gasteiger charge is 2.11. The SMILES string of the molecule is COc1ccc(NC(=O)CN(C)c2ccccc2)cc1OCc1ccncc1. The van der Waals surface area contributed by atoms with Crippen LogP contribution in [0.5, 0.6) is 11.5 Å². The number of likely N-dealkylation sites (N-methyl/N-ethyl adjacent to an activating group) is 1. The minimum absolute atomic E-state index is 0.114. The highest BCUT2D eigenvalue weighted by atomic mass is 16.5. The summed E-state index contributed by atoms with van der Waals surface area (Å²) < 4.78 is 11.2. The first-order chi connectivity index (χ1) is 13.7. The van der Waals surface area contributed by atoms with Gasteiger partial charge in [0.1, 0.15) is 6.61 Å². The molecule has 144 valence electrons. The summed E-state index contributed by atoms with van der Waals surface area (Å²) >= 11 is 0. The number of nitrogens with zero attached hydrogens (tertiary/aromatic N) is 2. The molecule has 0 saturated heterocycles. The van der Waals surface area contributed by atoms with Crippen LogP contribution in [0.2, 0.25) is 0 Å². The van der Waals surface area contributed by atoms with Crippen LogP contribution in [0.1, 0.15) is 5.56 Å². The molecular formula is C22H23N3O3. The number of aromatic nitrogens is 1. The van der Waals surface area contributed by atoms with Crippen LogP contribution in [0.3, 0.4) is 0 Å². The second kappa shape index (κ2) is 9.41. The molecule has 6 nitrogen and oxygen atoms in total. The van der Waals surface area contributed by atoms with Gasteiger partial charge < -0.3 is 19.7 Å². The molecule has 0 saturated carbocycles. The molecule has 1 N–H and O–H groups in total. The maximum absolute atomic E-state index is 12.4. The number of hydrogen-bond acceptors (Lipinski definition) is 5. The average Bonchev–Trinajstić information content (AvgIpc) is 2.73. The van der Waals surface area contributed by atoms with Crippen LogP contribution in [0.4, 0.5) is 11.4 Å². The lowest BCUT2D eigenvalue weighted by Crippen LogP contribution is -2.29. The number of carbonyl (C=O) groups excluding carboxylic acids is 1. The Bertz CT molecular complexity index is 901. The van der Waals surface area contributed by atoms with Crippen molar-refractivity contribution in [1.29, 1.82) is 0 Å². The van der Waals surface area contributed by atoms with Crippen molar-refractivity contribution < 1.29 is 14.3 Å². The Morgan fingerprint density at radius 1 is 1.04 bits per heavy atom. The normalized spacial score (nSPS) is 10.2. The predicted molar refractivity (Wildman–Crippen MR) is 110 cm³/mol. The zero-order valence-corrected chi connectivity index (χ0v) is 16.0. The van der Waals surface area contributed by atoms with Crippen LogP contribution < -0.4 is 19.7 Å². The zero-order chi connectivity index (χ0) is 19.8. The van der Waals surface area contributed by atoms with Crippen molar-refractivity contribution in [2.75, 3.05) is 30.9 Å². The molecule has 1 aromatic heterocycles. The van der Waals surface area contributed by atoms with Crippen LogP contribution in [0, 0.1) is 0 Å². The fourth-order valence-corrected chi connectivity index (χ4v) is 2.70. The molecule has 28 heavy (non-hydrogen) atoms. The quantitative estimate of drug-likeness (QED) is 0.648. The molecule has 0 aliphatic carbocycles. The summed E-state index contributed by atoms with van der Waals surface area (Å²) in [5.41, 5.74) is 2.63. The largest absolute Gasteiger partial charge is 0.493 e. The number of benzene rings is 2. The monoisotopic (exact) mass is 377 g/mol. The minimum atomic E-state index is -0.114. The fourth-order valence-electron chi connectivity index (χ4n) is 2.70. The van der Waals surface area contributed by atoms with E-state index < -0.39 is 0 Å². The second-order valence-corrected chi connectivity index (χ2v) is 6.25. The van der Waals surface area contributed by atoms with E-state index in [-0.39, 0.29) is 12.5 Å². The number of ether oxygens (including phenoxy) is 2. The third-order valence-electron chi connectivity index (χ3n) is 4.17. The summed E-state index contributed by atoms with van der Waals surface area (Å²) in [7, 11) is 3.47. The fraction of sp³-hybridized carbons (Fsp3) is 0.182. The van der Waals surface area contributed by atoms with Gasteiger partial charge in [0.05, 0.1) is 13.7 Å². The van der Waals surface area contributed by atoms with Gasteiger partial charge in [-0.05, 0) is 42.0 Å². The van der Waals surface area contributed by atoms with E-state index in [9.17, 15) is 4.79 Å². The van der Waals surface area contributed by atoms with Crippen LogP contribution in [0.25, 0.3) is 0 Å². The molecular weight excluding hydrogens is 354 g/mol. The molecule has 0 unspecified atom stereocenters. The Morgan fingerprint density at radius 3 is 2.50 bits per heavy atom. The first-order valence-electron chi connectivity index (χ1n) is 8.91. The van der Waals surface area contributed by atoms with Gasteiger partial charge >= 0.3 is 0 Å². The van der Waals surface area contributed by atoms with Crippen molar-refractivity contribution in [3.05, 3.63) is 78.6 Å². The summed E-state index contributed by atoms with van der Waals surface area (Å²) in [6.45, 7) is 0.621. The second-order valence-electron chi connectivity index (χ2n) is 6.25. The van der Waals surface area contributed by atoms with Crippen LogP contribution in [-0.4, -0.2) is 31.6 Å². The number of para-hydroxylation sites is 1. The number of carbonyl (C=O) groups is 1. The number of amides is 1. The third-order valence-corrected chi connectivity index (χ3v) is 4.17. The molecule has 0 aliphatic rings. The van der Waals surface area contributed by atoms with E-state index in [1.807, 2.05) is 54.4 Å². The van der Waals surface area contributed by atoms with Gasteiger partial charge in [-0.1, -0.05) is 18.2 Å². The Morgan fingerprint density at radius 2 is 1.79 bits per heavy atom. The Kier molecular flexibility index (Phi) is 6.46. The number of rotatable bonds is 8. The van der Waals surface area contributed by atoms with Gasteiger partial charge in [0.15, 0.2) is 11.5 Å². The van der Waals surface area contributed by atoms with E-state index in [1.165, 1.54) is 0 Å². The number of hydrogen-bond donors (Lipinski definition) is 1. The van der Waals surface area contributed by atoms with Crippen LogP contribution in [-0.2, 0) is 11.4 Å². The molecule has 0 radical (unpaired) electrons. The highest BCUT2D eigenvalue weighted by molar-refractivity contribution is 5.94. The van der Waals surface area contributed by atoms with Crippen molar-refractivity contribution in [2.45, 2.75) is 6.61 Å².